The average molecular weight is 238 g/mol. The third-order valence-electron chi connectivity index (χ3n) is 1.65. The van der Waals surface area contributed by atoms with E-state index in [2.05, 4.69) is 4.36 Å². The van der Waals surface area contributed by atoms with Gasteiger partial charge in [-0.1, -0.05) is 23.2 Å². The second kappa shape index (κ2) is 3.86. The second-order valence-corrected chi connectivity index (χ2v) is 5.81. The Morgan fingerprint density at radius 1 is 1.38 bits per heavy atom. The maximum atomic E-state index is 11.8. The Hall–Kier alpha value is -0.250. The molecule has 1 atom stereocenters. The van der Waals surface area contributed by atoms with Crippen LogP contribution in [0.1, 0.15) is 0 Å². The molecule has 2 nitrogen and oxygen atoms in total. The van der Waals surface area contributed by atoms with Gasteiger partial charge < -0.3 is 0 Å². The fourth-order valence-corrected chi connectivity index (χ4v) is 2.62. The van der Waals surface area contributed by atoms with Crippen LogP contribution < -0.4 is 0 Å². The molecule has 0 bridgehead atoms. The summed E-state index contributed by atoms with van der Waals surface area (Å²) in [6.45, 7) is 0. The summed E-state index contributed by atoms with van der Waals surface area (Å²) < 4.78 is 15.6. The first kappa shape index (κ1) is 10.8. The zero-order valence-electron chi connectivity index (χ0n) is 7.25. The minimum atomic E-state index is -2.39. The van der Waals surface area contributed by atoms with E-state index < -0.39 is 9.73 Å². The normalized spacial score (nSPS) is 15.1. The van der Waals surface area contributed by atoms with Crippen molar-refractivity contribution < 1.29 is 4.21 Å². The largest absolute Gasteiger partial charge is 0.245 e. The van der Waals surface area contributed by atoms with Crippen molar-refractivity contribution in [3.63, 3.8) is 0 Å². The lowest BCUT2D eigenvalue weighted by atomic mass is 10.4. The van der Waals surface area contributed by atoms with Crippen molar-refractivity contribution in [3.05, 3.63) is 28.2 Å². The van der Waals surface area contributed by atoms with Gasteiger partial charge in [-0.3, -0.25) is 0 Å². The summed E-state index contributed by atoms with van der Waals surface area (Å²) in [6.07, 6.45) is 1.53. The van der Waals surface area contributed by atoms with Crippen LogP contribution in [0.5, 0.6) is 0 Å². The zero-order chi connectivity index (χ0) is 10.1. The predicted molar refractivity (Wildman–Crippen MR) is 57.1 cm³/mol. The van der Waals surface area contributed by atoms with E-state index in [1.165, 1.54) is 13.3 Å². The van der Waals surface area contributed by atoms with Gasteiger partial charge >= 0.3 is 0 Å². The van der Waals surface area contributed by atoms with Crippen molar-refractivity contribution >= 4 is 32.9 Å². The molecule has 0 saturated heterocycles. The number of halogens is 2. The summed E-state index contributed by atoms with van der Waals surface area (Å²) >= 11 is 11.6. The van der Waals surface area contributed by atoms with E-state index in [1.807, 2.05) is 0 Å². The van der Waals surface area contributed by atoms with E-state index in [9.17, 15) is 4.21 Å². The topological polar surface area (TPSA) is 29.4 Å². The van der Waals surface area contributed by atoms with E-state index in [-0.39, 0.29) is 0 Å². The molecule has 5 heteroatoms. The molecule has 0 spiro atoms. The van der Waals surface area contributed by atoms with Crippen molar-refractivity contribution in [2.75, 3.05) is 13.3 Å². The Kier molecular flexibility index (Phi) is 3.22. The zero-order valence-corrected chi connectivity index (χ0v) is 9.58. The minimum absolute atomic E-state index is 0.433. The third-order valence-corrected chi connectivity index (χ3v) is 4.18. The number of rotatable bonds is 1. The predicted octanol–water partition coefficient (Wildman–Crippen LogP) is 3.08. The van der Waals surface area contributed by atoms with E-state index in [4.69, 9.17) is 23.2 Å². The van der Waals surface area contributed by atoms with E-state index >= 15 is 0 Å². The highest BCUT2D eigenvalue weighted by Crippen LogP contribution is 2.25. The molecule has 1 aromatic carbocycles. The van der Waals surface area contributed by atoms with E-state index in [1.54, 1.807) is 18.2 Å². The van der Waals surface area contributed by atoms with Gasteiger partial charge in [0.15, 0.2) is 0 Å². The highest BCUT2D eigenvalue weighted by atomic mass is 35.5. The van der Waals surface area contributed by atoms with Crippen LogP contribution in [0, 0.1) is 0 Å². The highest BCUT2D eigenvalue weighted by Gasteiger charge is 2.09. The van der Waals surface area contributed by atoms with Gasteiger partial charge in [0, 0.05) is 18.3 Å². The maximum absolute atomic E-state index is 11.8. The molecule has 0 heterocycles. The van der Waals surface area contributed by atoms with Crippen LogP contribution in [0.15, 0.2) is 27.5 Å². The lowest BCUT2D eigenvalue weighted by Crippen LogP contribution is -1.97. The van der Waals surface area contributed by atoms with Gasteiger partial charge in [-0.2, -0.15) is 0 Å². The number of hydrogen-bond donors (Lipinski definition) is 0. The number of benzene rings is 1. The van der Waals surface area contributed by atoms with Crippen LogP contribution in [-0.2, 0) is 9.73 Å². The summed E-state index contributed by atoms with van der Waals surface area (Å²) in [4.78, 5) is 0.490. The van der Waals surface area contributed by atoms with Crippen molar-refractivity contribution in [1.82, 2.24) is 0 Å². The summed E-state index contributed by atoms with van der Waals surface area (Å²) in [5.41, 5.74) is 0. The molecule has 72 valence electrons. The molecule has 0 fully saturated rings. The van der Waals surface area contributed by atoms with Gasteiger partial charge in [-0.15, -0.1) is 0 Å². The van der Waals surface area contributed by atoms with Crippen molar-refractivity contribution in [1.29, 1.82) is 0 Å². The Morgan fingerprint density at radius 2 is 2.00 bits per heavy atom. The summed E-state index contributed by atoms with van der Waals surface area (Å²) in [7, 11) is -0.893. The average Bonchev–Trinajstić information content (AvgIpc) is 2.09. The quantitative estimate of drug-likeness (QED) is 0.739. The molecule has 0 aromatic heterocycles. The van der Waals surface area contributed by atoms with Crippen LogP contribution >= 0.6 is 23.2 Å². The molecule has 0 saturated carbocycles. The summed E-state index contributed by atoms with van der Waals surface area (Å²) in [5.74, 6) is 0. The van der Waals surface area contributed by atoms with E-state index in [0.29, 0.717) is 14.9 Å². The SMILES string of the molecule is CN=S(C)(=O)c1cc(Cl)ccc1Cl. The first-order valence-corrected chi connectivity index (χ1v) is 6.20. The van der Waals surface area contributed by atoms with Gasteiger partial charge in [0.1, 0.15) is 0 Å². The van der Waals surface area contributed by atoms with Gasteiger partial charge in [0.25, 0.3) is 0 Å². The van der Waals surface area contributed by atoms with Gasteiger partial charge in [0.2, 0.25) is 0 Å². The van der Waals surface area contributed by atoms with Crippen LogP contribution in [0.25, 0.3) is 0 Å². The molecule has 13 heavy (non-hydrogen) atoms. The van der Waals surface area contributed by atoms with Crippen LogP contribution in [0.4, 0.5) is 0 Å². The summed E-state index contributed by atoms with van der Waals surface area (Å²) in [6, 6.07) is 4.85. The Labute approximate surface area is 88.0 Å². The Balaban J connectivity index is 3.47. The number of hydrogen-bond acceptors (Lipinski definition) is 2. The first-order chi connectivity index (χ1) is 5.97. The molecule has 0 N–H and O–H groups in total. The fourth-order valence-electron chi connectivity index (χ4n) is 0.866. The first-order valence-electron chi connectivity index (χ1n) is 3.52. The molecule has 0 aliphatic rings. The molecular formula is C8H9Cl2NOS. The standard InChI is InChI=1S/C8H9Cl2NOS/c1-11-13(2,12)8-5-6(9)3-4-7(8)10/h3-5H,1-2H3. The highest BCUT2D eigenvalue weighted by molar-refractivity contribution is 7.93. The van der Waals surface area contributed by atoms with Gasteiger partial charge in [-0.05, 0) is 18.2 Å². The molecule has 0 aliphatic carbocycles. The maximum Gasteiger partial charge on any atom is 0.0735 e. The molecular weight excluding hydrogens is 229 g/mol. The van der Waals surface area contributed by atoms with Crippen LogP contribution in [-0.4, -0.2) is 17.5 Å². The minimum Gasteiger partial charge on any atom is -0.245 e. The van der Waals surface area contributed by atoms with Gasteiger partial charge in [0.05, 0.1) is 19.6 Å². The molecule has 0 radical (unpaired) electrons. The van der Waals surface area contributed by atoms with Gasteiger partial charge in [-0.25, -0.2) is 8.57 Å². The van der Waals surface area contributed by atoms with Crippen molar-refractivity contribution in [3.8, 4) is 0 Å². The number of nitrogens with zero attached hydrogens (tertiary/aromatic N) is 1. The molecule has 0 amide bonds. The molecule has 1 aromatic rings. The fraction of sp³-hybridized carbons (Fsp3) is 0.250. The summed E-state index contributed by atoms with van der Waals surface area (Å²) in [5, 5.41) is 0.945. The van der Waals surface area contributed by atoms with Crippen molar-refractivity contribution in [2.45, 2.75) is 4.90 Å². The Bertz CT molecular complexity index is 436. The van der Waals surface area contributed by atoms with Crippen LogP contribution in [0.2, 0.25) is 10.0 Å². The Morgan fingerprint density at radius 3 is 2.54 bits per heavy atom. The van der Waals surface area contributed by atoms with Crippen molar-refractivity contribution in [2.24, 2.45) is 4.36 Å². The lowest BCUT2D eigenvalue weighted by molar-refractivity contribution is 0.680. The molecule has 0 aliphatic heterocycles. The lowest BCUT2D eigenvalue weighted by Gasteiger charge is -2.05. The van der Waals surface area contributed by atoms with E-state index in [0.717, 1.165) is 0 Å². The van der Waals surface area contributed by atoms with Crippen LogP contribution in [0.3, 0.4) is 0 Å². The molecule has 1 unspecified atom stereocenters. The smallest absolute Gasteiger partial charge is 0.0735 e. The second-order valence-electron chi connectivity index (χ2n) is 2.56. The monoisotopic (exact) mass is 237 g/mol. The third kappa shape index (κ3) is 2.36. The molecule has 1 rings (SSSR count).